The molecule has 21 heavy (non-hydrogen) atoms. The van der Waals surface area contributed by atoms with Gasteiger partial charge in [0.05, 0.1) is 19.3 Å². The Bertz CT molecular complexity index is 605. The fourth-order valence-corrected chi connectivity index (χ4v) is 2.99. The number of nitrogens with zero attached hydrogens (tertiary/aromatic N) is 1. The molecule has 2 aromatic rings. The predicted octanol–water partition coefficient (Wildman–Crippen LogP) is 4.70. The quantitative estimate of drug-likeness (QED) is 0.744. The van der Waals surface area contributed by atoms with E-state index in [4.69, 9.17) is 4.74 Å². The number of pyridine rings is 1. The summed E-state index contributed by atoms with van der Waals surface area (Å²) in [6.07, 6.45) is 4.67. The van der Waals surface area contributed by atoms with E-state index in [1.807, 2.05) is 24.4 Å². The molecule has 0 aliphatic rings. The van der Waals surface area contributed by atoms with Gasteiger partial charge >= 0.3 is 0 Å². The smallest absolute Gasteiger partial charge is 0.137 e. The molecule has 5 heteroatoms. The fraction of sp³-hybridized carbons (Fsp3) is 0.312. The number of benzene rings is 1. The minimum Gasteiger partial charge on any atom is -0.495 e. The molecule has 1 heterocycles. The van der Waals surface area contributed by atoms with Crippen LogP contribution in [0, 0.1) is 0 Å². The summed E-state index contributed by atoms with van der Waals surface area (Å²) in [5, 5.41) is 3.57. The van der Waals surface area contributed by atoms with Crippen molar-refractivity contribution < 1.29 is 4.74 Å². The molecule has 0 radical (unpaired) electrons. The highest BCUT2D eigenvalue weighted by molar-refractivity contribution is 9.11. The van der Waals surface area contributed by atoms with Crippen molar-refractivity contribution in [3.05, 3.63) is 56.7 Å². The average Bonchev–Trinajstić information content (AvgIpc) is 2.51. The molecule has 1 N–H and O–H groups in total. The monoisotopic (exact) mass is 412 g/mol. The largest absolute Gasteiger partial charge is 0.495 e. The van der Waals surface area contributed by atoms with Gasteiger partial charge in [0.25, 0.3) is 0 Å². The van der Waals surface area contributed by atoms with E-state index in [0.29, 0.717) is 0 Å². The van der Waals surface area contributed by atoms with E-state index < -0.39 is 0 Å². The van der Waals surface area contributed by atoms with Crippen LogP contribution in [0.5, 0.6) is 5.75 Å². The van der Waals surface area contributed by atoms with Crippen LogP contribution >= 0.6 is 31.9 Å². The Kier molecular flexibility index (Phi) is 6.21. The third-order valence-corrected chi connectivity index (χ3v) is 4.39. The molecule has 0 aliphatic heterocycles. The van der Waals surface area contributed by atoms with Gasteiger partial charge in [0, 0.05) is 15.1 Å². The SMILES string of the molecule is CCCNC(c1cncc(OC)c1)c1cc(Br)ccc1Br. The van der Waals surface area contributed by atoms with Crippen LogP contribution in [0.3, 0.4) is 0 Å². The molecule has 1 atom stereocenters. The molecule has 1 unspecified atom stereocenters. The second-order valence-corrected chi connectivity index (χ2v) is 6.48. The van der Waals surface area contributed by atoms with E-state index in [1.165, 1.54) is 5.56 Å². The molecule has 2 rings (SSSR count). The molecule has 0 saturated heterocycles. The Morgan fingerprint density at radius 3 is 2.76 bits per heavy atom. The molecule has 1 aromatic heterocycles. The normalized spacial score (nSPS) is 12.2. The Labute approximate surface area is 142 Å². The van der Waals surface area contributed by atoms with Crippen LogP contribution in [-0.4, -0.2) is 18.6 Å². The van der Waals surface area contributed by atoms with Gasteiger partial charge in [-0.3, -0.25) is 4.98 Å². The van der Waals surface area contributed by atoms with Gasteiger partial charge in [0.2, 0.25) is 0 Å². The number of hydrogen-bond donors (Lipinski definition) is 1. The standard InChI is InChI=1S/C16H18Br2N2O/c1-3-6-20-16(11-7-13(21-2)10-19-9-11)14-8-12(17)4-5-15(14)18/h4-5,7-10,16,20H,3,6H2,1-2H3. The van der Waals surface area contributed by atoms with Crippen LogP contribution < -0.4 is 10.1 Å². The summed E-state index contributed by atoms with van der Waals surface area (Å²) in [6, 6.07) is 8.28. The van der Waals surface area contributed by atoms with Crippen molar-refractivity contribution in [3.63, 3.8) is 0 Å². The topological polar surface area (TPSA) is 34.2 Å². The third kappa shape index (κ3) is 4.28. The Morgan fingerprint density at radius 2 is 2.05 bits per heavy atom. The highest BCUT2D eigenvalue weighted by Gasteiger charge is 2.17. The fourth-order valence-electron chi connectivity index (χ4n) is 2.14. The van der Waals surface area contributed by atoms with Crippen LogP contribution in [0.1, 0.15) is 30.5 Å². The van der Waals surface area contributed by atoms with Gasteiger partial charge < -0.3 is 10.1 Å². The molecular formula is C16H18Br2N2O. The van der Waals surface area contributed by atoms with E-state index >= 15 is 0 Å². The number of ether oxygens (including phenoxy) is 1. The molecular weight excluding hydrogens is 396 g/mol. The third-order valence-electron chi connectivity index (χ3n) is 3.17. The first-order valence-electron chi connectivity index (χ1n) is 6.83. The Morgan fingerprint density at radius 1 is 1.24 bits per heavy atom. The minimum absolute atomic E-state index is 0.0689. The Hall–Kier alpha value is -0.910. The van der Waals surface area contributed by atoms with Crippen molar-refractivity contribution in [3.8, 4) is 5.75 Å². The van der Waals surface area contributed by atoms with Gasteiger partial charge in [-0.1, -0.05) is 38.8 Å². The van der Waals surface area contributed by atoms with Crippen molar-refractivity contribution in [2.75, 3.05) is 13.7 Å². The van der Waals surface area contributed by atoms with Gasteiger partial charge in [-0.25, -0.2) is 0 Å². The van der Waals surface area contributed by atoms with Gasteiger partial charge in [-0.2, -0.15) is 0 Å². The maximum Gasteiger partial charge on any atom is 0.137 e. The van der Waals surface area contributed by atoms with Gasteiger partial charge in [0.15, 0.2) is 0 Å². The molecule has 0 spiro atoms. The second kappa shape index (κ2) is 7.92. The number of methoxy groups -OCH3 is 1. The van der Waals surface area contributed by atoms with Crippen LogP contribution in [0.4, 0.5) is 0 Å². The molecule has 0 saturated carbocycles. The number of halogens is 2. The predicted molar refractivity (Wildman–Crippen MR) is 92.8 cm³/mol. The summed E-state index contributed by atoms with van der Waals surface area (Å²) in [5.41, 5.74) is 2.26. The van der Waals surface area contributed by atoms with E-state index in [2.05, 4.69) is 55.2 Å². The van der Waals surface area contributed by atoms with Crippen LogP contribution in [0.25, 0.3) is 0 Å². The molecule has 1 aromatic carbocycles. The van der Waals surface area contributed by atoms with Crippen molar-refractivity contribution in [2.24, 2.45) is 0 Å². The van der Waals surface area contributed by atoms with E-state index in [1.54, 1.807) is 13.3 Å². The zero-order chi connectivity index (χ0) is 15.2. The zero-order valence-corrected chi connectivity index (χ0v) is 15.2. The van der Waals surface area contributed by atoms with Crippen molar-refractivity contribution in [2.45, 2.75) is 19.4 Å². The van der Waals surface area contributed by atoms with Crippen molar-refractivity contribution >= 4 is 31.9 Å². The summed E-state index contributed by atoms with van der Waals surface area (Å²) in [7, 11) is 1.66. The number of rotatable bonds is 6. The van der Waals surface area contributed by atoms with Crippen LogP contribution in [0.15, 0.2) is 45.6 Å². The molecule has 112 valence electrons. The van der Waals surface area contributed by atoms with Crippen molar-refractivity contribution in [1.29, 1.82) is 0 Å². The van der Waals surface area contributed by atoms with E-state index in [9.17, 15) is 0 Å². The first-order chi connectivity index (χ1) is 10.2. The van der Waals surface area contributed by atoms with E-state index in [0.717, 1.165) is 33.2 Å². The zero-order valence-electron chi connectivity index (χ0n) is 12.1. The first-order valence-corrected chi connectivity index (χ1v) is 8.41. The lowest BCUT2D eigenvalue weighted by Crippen LogP contribution is -2.23. The second-order valence-electron chi connectivity index (χ2n) is 4.71. The van der Waals surface area contributed by atoms with Crippen molar-refractivity contribution in [1.82, 2.24) is 10.3 Å². The first kappa shape index (κ1) is 16.5. The lowest BCUT2D eigenvalue weighted by atomic mass is 10.00. The highest BCUT2D eigenvalue weighted by Crippen LogP contribution is 2.32. The highest BCUT2D eigenvalue weighted by atomic mass is 79.9. The van der Waals surface area contributed by atoms with Gasteiger partial charge in [0.1, 0.15) is 5.75 Å². The molecule has 0 bridgehead atoms. The molecule has 0 fully saturated rings. The van der Waals surface area contributed by atoms with Crippen LogP contribution in [0.2, 0.25) is 0 Å². The summed E-state index contributed by atoms with van der Waals surface area (Å²) >= 11 is 7.19. The summed E-state index contributed by atoms with van der Waals surface area (Å²) < 4.78 is 7.41. The number of hydrogen-bond acceptors (Lipinski definition) is 3. The van der Waals surface area contributed by atoms with Crippen LogP contribution in [-0.2, 0) is 0 Å². The Balaban J connectivity index is 2.44. The molecule has 3 nitrogen and oxygen atoms in total. The molecule has 0 amide bonds. The number of nitrogens with one attached hydrogen (secondary N) is 1. The number of aromatic nitrogens is 1. The maximum atomic E-state index is 5.29. The summed E-state index contributed by atoms with van der Waals surface area (Å²) in [4.78, 5) is 4.27. The summed E-state index contributed by atoms with van der Waals surface area (Å²) in [5.74, 6) is 0.766. The average molecular weight is 414 g/mol. The molecule has 0 aliphatic carbocycles. The minimum atomic E-state index is 0.0689. The summed E-state index contributed by atoms with van der Waals surface area (Å²) in [6.45, 7) is 3.09. The lowest BCUT2D eigenvalue weighted by Gasteiger charge is -2.21. The maximum absolute atomic E-state index is 5.29. The lowest BCUT2D eigenvalue weighted by molar-refractivity contribution is 0.411. The van der Waals surface area contributed by atoms with E-state index in [-0.39, 0.29) is 6.04 Å². The van der Waals surface area contributed by atoms with Gasteiger partial charge in [-0.15, -0.1) is 0 Å². The van der Waals surface area contributed by atoms with Gasteiger partial charge in [-0.05, 0) is 48.4 Å².